The minimum atomic E-state index is -3.21. The monoisotopic (exact) mass is 292 g/mol. The Balaban J connectivity index is 2.47. The second-order valence-corrected chi connectivity index (χ2v) is 8.28. The summed E-state index contributed by atoms with van der Waals surface area (Å²) in [7, 11) is -3.21. The van der Waals surface area contributed by atoms with Crippen molar-refractivity contribution in [3.8, 4) is 0 Å². The maximum absolute atomic E-state index is 12.2. The molecule has 1 heterocycles. The summed E-state index contributed by atoms with van der Waals surface area (Å²) in [6.07, 6.45) is 0.630. The van der Waals surface area contributed by atoms with Crippen LogP contribution < -0.4 is 0 Å². The lowest BCUT2D eigenvalue weighted by Crippen LogP contribution is -2.50. The van der Waals surface area contributed by atoms with Gasteiger partial charge in [-0.2, -0.15) is 4.31 Å². The highest BCUT2D eigenvalue weighted by molar-refractivity contribution is 7.89. The van der Waals surface area contributed by atoms with Gasteiger partial charge in [0.05, 0.1) is 12.3 Å². The minimum Gasteiger partial charge on any atom is -0.480 e. The number of hydrogen-bond acceptors (Lipinski definition) is 4. The molecule has 0 unspecified atom stereocenters. The molecule has 0 spiro atoms. The zero-order valence-electron chi connectivity index (χ0n) is 11.9. The Bertz CT molecular complexity index is 406. The lowest BCUT2D eigenvalue weighted by molar-refractivity contribution is -0.138. The molecule has 1 saturated heterocycles. The van der Waals surface area contributed by atoms with Crippen LogP contribution in [0.4, 0.5) is 0 Å². The summed E-state index contributed by atoms with van der Waals surface area (Å²) in [5.74, 6) is -0.709. The standard InChI is InChI=1S/C12H24N2O4S/c1-12(2,3)4-9-19(17,18)14-7-5-13(6-8-14)10-11(15)16/h4-10H2,1-3H3,(H,15,16). The third-order valence-corrected chi connectivity index (χ3v) is 5.07. The van der Waals surface area contributed by atoms with Crippen molar-refractivity contribution in [1.82, 2.24) is 9.21 Å². The number of carboxylic acid groups (broad SMARTS) is 1. The van der Waals surface area contributed by atoms with Crippen LogP contribution in [0.2, 0.25) is 0 Å². The van der Waals surface area contributed by atoms with E-state index in [1.807, 2.05) is 20.8 Å². The van der Waals surface area contributed by atoms with Crippen LogP contribution in [-0.4, -0.2) is 67.2 Å². The van der Waals surface area contributed by atoms with Gasteiger partial charge in [-0.1, -0.05) is 20.8 Å². The van der Waals surface area contributed by atoms with E-state index in [9.17, 15) is 13.2 Å². The van der Waals surface area contributed by atoms with E-state index >= 15 is 0 Å². The Morgan fingerprint density at radius 2 is 1.68 bits per heavy atom. The van der Waals surface area contributed by atoms with Gasteiger partial charge in [-0.25, -0.2) is 8.42 Å². The van der Waals surface area contributed by atoms with E-state index in [1.165, 1.54) is 4.31 Å². The Kier molecular flexibility index (Phi) is 5.34. The smallest absolute Gasteiger partial charge is 0.317 e. The van der Waals surface area contributed by atoms with E-state index in [2.05, 4.69) is 0 Å². The van der Waals surface area contributed by atoms with Gasteiger partial charge < -0.3 is 5.11 Å². The summed E-state index contributed by atoms with van der Waals surface area (Å²) in [4.78, 5) is 12.3. The SMILES string of the molecule is CC(C)(C)CCS(=O)(=O)N1CCN(CC(=O)O)CC1. The van der Waals surface area contributed by atoms with Crippen LogP contribution in [0, 0.1) is 5.41 Å². The van der Waals surface area contributed by atoms with Crippen molar-refractivity contribution in [3.05, 3.63) is 0 Å². The molecule has 0 aromatic carbocycles. The molecular formula is C12H24N2O4S. The predicted molar refractivity (Wildman–Crippen MR) is 73.5 cm³/mol. The summed E-state index contributed by atoms with van der Waals surface area (Å²) in [6.45, 7) is 7.80. The van der Waals surface area contributed by atoms with Crippen molar-refractivity contribution in [2.75, 3.05) is 38.5 Å². The third kappa shape index (κ3) is 5.88. The molecule has 6 nitrogen and oxygen atoms in total. The zero-order valence-corrected chi connectivity index (χ0v) is 12.7. The van der Waals surface area contributed by atoms with E-state index in [1.54, 1.807) is 4.90 Å². The Labute approximate surface area is 115 Å². The molecular weight excluding hydrogens is 268 g/mol. The summed E-state index contributed by atoms with van der Waals surface area (Å²) in [5.41, 5.74) is -0.00179. The number of hydrogen-bond donors (Lipinski definition) is 1. The zero-order chi connectivity index (χ0) is 14.7. The maximum atomic E-state index is 12.2. The average molecular weight is 292 g/mol. The van der Waals surface area contributed by atoms with Crippen molar-refractivity contribution in [3.63, 3.8) is 0 Å². The lowest BCUT2D eigenvalue weighted by Gasteiger charge is -2.33. The second-order valence-electron chi connectivity index (χ2n) is 6.20. The molecule has 1 aliphatic heterocycles. The summed E-state index contributed by atoms with van der Waals surface area (Å²) in [5, 5.41) is 8.69. The number of carboxylic acids is 1. The van der Waals surface area contributed by atoms with Gasteiger partial charge in [0, 0.05) is 26.2 Å². The number of nitrogens with zero attached hydrogens (tertiary/aromatic N) is 2. The van der Waals surface area contributed by atoms with Crippen molar-refractivity contribution in [2.24, 2.45) is 5.41 Å². The van der Waals surface area contributed by atoms with Crippen molar-refractivity contribution in [1.29, 1.82) is 0 Å². The minimum absolute atomic E-state index is 0.00179. The van der Waals surface area contributed by atoms with Gasteiger partial charge in [0.1, 0.15) is 0 Å². The van der Waals surface area contributed by atoms with Crippen molar-refractivity contribution in [2.45, 2.75) is 27.2 Å². The summed E-state index contributed by atoms with van der Waals surface area (Å²) >= 11 is 0. The molecule has 0 saturated carbocycles. The van der Waals surface area contributed by atoms with E-state index in [0.29, 0.717) is 32.6 Å². The van der Waals surface area contributed by atoms with Gasteiger partial charge in [0.15, 0.2) is 0 Å². The number of rotatable bonds is 5. The Morgan fingerprint density at radius 1 is 1.16 bits per heavy atom. The topological polar surface area (TPSA) is 77.9 Å². The van der Waals surface area contributed by atoms with E-state index in [0.717, 1.165) is 0 Å². The molecule has 0 bridgehead atoms. The molecule has 0 aliphatic carbocycles. The van der Waals surface area contributed by atoms with Crippen molar-refractivity contribution >= 4 is 16.0 Å². The van der Waals surface area contributed by atoms with Crippen LogP contribution in [0.3, 0.4) is 0 Å². The molecule has 0 amide bonds. The van der Waals surface area contributed by atoms with E-state index in [-0.39, 0.29) is 17.7 Å². The van der Waals surface area contributed by atoms with E-state index in [4.69, 9.17) is 5.11 Å². The first kappa shape index (κ1) is 16.4. The molecule has 0 radical (unpaired) electrons. The number of aliphatic carboxylic acids is 1. The fraction of sp³-hybridized carbons (Fsp3) is 0.917. The van der Waals surface area contributed by atoms with Crippen LogP contribution in [0.15, 0.2) is 0 Å². The predicted octanol–water partition coefficient (Wildman–Crippen LogP) is 0.455. The highest BCUT2D eigenvalue weighted by atomic mass is 32.2. The van der Waals surface area contributed by atoms with Crippen LogP contribution >= 0.6 is 0 Å². The second kappa shape index (κ2) is 6.19. The fourth-order valence-corrected chi connectivity index (χ4v) is 3.77. The molecule has 0 aromatic heterocycles. The molecule has 112 valence electrons. The van der Waals surface area contributed by atoms with Gasteiger partial charge in [-0.15, -0.1) is 0 Å². The first-order chi connectivity index (χ1) is 8.60. The lowest BCUT2D eigenvalue weighted by atomic mass is 9.94. The summed E-state index contributed by atoms with van der Waals surface area (Å²) in [6, 6.07) is 0. The van der Waals surface area contributed by atoms with Gasteiger partial charge in [0.25, 0.3) is 0 Å². The first-order valence-electron chi connectivity index (χ1n) is 6.52. The highest BCUT2D eigenvalue weighted by Crippen LogP contribution is 2.20. The molecule has 19 heavy (non-hydrogen) atoms. The molecule has 1 fully saturated rings. The largest absolute Gasteiger partial charge is 0.480 e. The van der Waals surface area contributed by atoms with Gasteiger partial charge in [0.2, 0.25) is 10.0 Å². The van der Waals surface area contributed by atoms with E-state index < -0.39 is 16.0 Å². The Morgan fingerprint density at radius 3 is 2.11 bits per heavy atom. The van der Waals surface area contributed by atoms with Crippen LogP contribution in [0.1, 0.15) is 27.2 Å². The fourth-order valence-electron chi connectivity index (χ4n) is 1.92. The molecule has 7 heteroatoms. The average Bonchev–Trinajstić information content (AvgIpc) is 2.26. The molecule has 1 N–H and O–H groups in total. The van der Waals surface area contributed by atoms with Gasteiger partial charge in [-0.05, 0) is 11.8 Å². The number of sulfonamides is 1. The molecule has 1 aliphatic rings. The molecule has 0 atom stereocenters. The molecule has 1 rings (SSSR count). The van der Waals surface area contributed by atoms with Crippen LogP contribution in [0.25, 0.3) is 0 Å². The normalized spacial score (nSPS) is 19.5. The van der Waals surface area contributed by atoms with Crippen LogP contribution in [-0.2, 0) is 14.8 Å². The first-order valence-corrected chi connectivity index (χ1v) is 8.13. The van der Waals surface area contributed by atoms with Crippen molar-refractivity contribution < 1.29 is 18.3 Å². The van der Waals surface area contributed by atoms with Crippen LogP contribution in [0.5, 0.6) is 0 Å². The number of carbonyl (C=O) groups is 1. The Hall–Kier alpha value is -0.660. The van der Waals surface area contributed by atoms with Gasteiger partial charge >= 0.3 is 5.97 Å². The quantitative estimate of drug-likeness (QED) is 0.796. The summed E-state index contributed by atoms with van der Waals surface area (Å²) < 4.78 is 25.8. The molecule has 0 aromatic rings. The third-order valence-electron chi connectivity index (χ3n) is 3.19. The maximum Gasteiger partial charge on any atom is 0.317 e. The highest BCUT2D eigenvalue weighted by Gasteiger charge is 2.28. The van der Waals surface area contributed by atoms with Gasteiger partial charge in [-0.3, -0.25) is 9.69 Å². The number of piperazine rings is 1.